The molecule has 0 unspecified atom stereocenters. The Morgan fingerprint density at radius 2 is 2.05 bits per heavy atom. The number of benzene rings is 1. The van der Waals surface area contributed by atoms with Gasteiger partial charge in [-0.25, -0.2) is 9.78 Å². The molecule has 0 bridgehead atoms. The van der Waals surface area contributed by atoms with Crippen molar-refractivity contribution < 1.29 is 9.90 Å². The molecule has 0 fully saturated rings. The first-order chi connectivity index (χ1) is 10.6. The summed E-state index contributed by atoms with van der Waals surface area (Å²) >= 11 is 10.2. The summed E-state index contributed by atoms with van der Waals surface area (Å²) in [7, 11) is 0. The Morgan fingerprint density at radius 1 is 1.32 bits per heavy atom. The molecule has 0 amide bonds. The zero-order chi connectivity index (χ0) is 15.7. The van der Waals surface area contributed by atoms with E-state index in [0.717, 1.165) is 26.0 Å². The fourth-order valence-corrected chi connectivity index (χ4v) is 4.74. The third-order valence-corrected chi connectivity index (χ3v) is 6.35. The van der Waals surface area contributed by atoms with Crippen LogP contribution in [0.25, 0.3) is 21.8 Å². The Bertz CT molecular complexity index is 824. The van der Waals surface area contributed by atoms with E-state index in [0.29, 0.717) is 9.90 Å². The Morgan fingerprint density at radius 3 is 2.68 bits per heavy atom. The van der Waals surface area contributed by atoms with Gasteiger partial charge in [-0.3, -0.25) is 0 Å². The summed E-state index contributed by atoms with van der Waals surface area (Å²) in [6.07, 6.45) is 1.94. The summed E-state index contributed by atoms with van der Waals surface area (Å²) in [6.45, 7) is 0. The molecule has 3 nitrogen and oxygen atoms in total. The van der Waals surface area contributed by atoms with Crippen molar-refractivity contribution in [3.8, 4) is 21.8 Å². The number of thiophene rings is 1. The first-order valence-corrected chi connectivity index (χ1v) is 9.51. The molecule has 3 rings (SSSR count). The zero-order valence-corrected chi connectivity index (χ0v) is 14.6. The van der Waals surface area contributed by atoms with Gasteiger partial charge in [-0.2, -0.15) is 0 Å². The number of aromatic carboxylic acids is 1. The van der Waals surface area contributed by atoms with Crippen LogP contribution in [0.4, 0.5) is 0 Å². The van der Waals surface area contributed by atoms with E-state index in [1.807, 2.05) is 35.9 Å². The molecule has 1 aromatic carbocycles. The molecule has 0 aliphatic carbocycles. The van der Waals surface area contributed by atoms with Gasteiger partial charge in [-0.15, -0.1) is 34.4 Å². The van der Waals surface area contributed by atoms with E-state index in [9.17, 15) is 4.79 Å². The monoisotopic (exact) mass is 367 g/mol. The van der Waals surface area contributed by atoms with Gasteiger partial charge < -0.3 is 5.11 Å². The van der Waals surface area contributed by atoms with Crippen LogP contribution < -0.4 is 0 Å². The molecule has 0 radical (unpaired) electrons. The average molecular weight is 368 g/mol. The van der Waals surface area contributed by atoms with Gasteiger partial charge in [0.05, 0.1) is 9.90 Å². The molecule has 1 N–H and O–H groups in total. The van der Waals surface area contributed by atoms with Crippen LogP contribution in [0.1, 0.15) is 9.67 Å². The first kappa shape index (κ1) is 15.6. The number of nitrogens with zero attached hydrogens (tertiary/aromatic N) is 1. The van der Waals surface area contributed by atoms with E-state index >= 15 is 0 Å². The number of hydrogen-bond acceptors (Lipinski definition) is 5. The van der Waals surface area contributed by atoms with E-state index in [2.05, 4.69) is 4.98 Å². The Hall–Kier alpha value is -1.34. The van der Waals surface area contributed by atoms with Crippen molar-refractivity contribution >= 4 is 52.0 Å². The van der Waals surface area contributed by atoms with Gasteiger partial charge in [0.2, 0.25) is 0 Å². The number of thiazole rings is 1. The molecule has 0 atom stereocenters. The van der Waals surface area contributed by atoms with Crippen LogP contribution in [0.15, 0.2) is 39.9 Å². The lowest BCUT2D eigenvalue weighted by atomic mass is 10.2. The number of carboxylic acid groups (broad SMARTS) is 1. The predicted octanol–water partition coefficient (Wildman–Crippen LogP) is 5.61. The molecule has 0 aliphatic rings. The second kappa shape index (κ2) is 6.42. The smallest absolute Gasteiger partial charge is 0.345 e. The van der Waals surface area contributed by atoms with Crippen LogP contribution >= 0.6 is 46.0 Å². The quantitative estimate of drug-likeness (QED) is 0.608. The minimum Gasteiger partial charge on any atom is -0.477 e. The maximum Gasteiger partial charge on any atom is 0.345 e. The normalized spacial score (nSPS) is 10.8. The average Bonchev–Trinajstić information content (AvgIpc) is 3.14. The fraction of sp³-hybridized carbons (Fsp3) is 0.0667. The molecule has 0 aliphatic heterocycles. The van der Waals surface area contributed by atoms with E-state index in [-0.39, 0.29) is 0 Å². The second-order valence-corrected chi connectivity index (χ2v) is 7.79. The number of hydrogen-bond donors (Lipinski definition) is 1. The van der Waals surface area contributed by atoms with Gasteiger partial charge in [0.25, 0.3) is 0 Å². The summed E-state index contributed by atoms with van der Waals surface area (Å²) < 4.78 is 0.967. The summed E-state index contributed by atoms with van der Waals surface area (Å²) in [5, 5.41) is 12.6. The van der Waals surface area contributed by atoms with Crippen molar-refractivity contribution in [2.45, 2.75) is 4.21 Å². The SMILES string of the molecule is CSc1sc(C(=O)O)cc1-c1nc(-c2ccc(Cl)cc2)cs1. The largest absolute Gasteiger partial charge is 0.477 e. The van der Waals surface area contributed by atoms with Crippen molar-refractivity contribution in [2.75, 3.05) is 6.26 Å². The van der Waals surface area contributed by atoms with Gasteiger partial charge in [0.1, 0.15) is 9.88 Å². The predicted molar refractivity (Wildman–Crippen MR) is 94.6 cm³/mol. The molecule has 0 spiro atoms. The molecule has 2 heterocycles. The molecular weight excluding hydrogens is 358 g/mol. The van der Waals surface area contributed by atoms with Crippen LogP contribution in [0.3, 0.4) is 0 Å². The highest BCUT2D eigenvalue weighted by Crippen LogP contribution is 2.40. The van der Waals surface area contributed by atoms with Crippen LogP contribution in [0.2, 0.25) is 5.02 Å². The van der Waals surface area contributed by atoms with Crippen LogP contribution in [0.5, 0.6) is 0 Å². The highest BCUT2D eigenvalue weighted by Gasteiger charge is 2.17. The van der Waals surface area contributed by atoms with Crippen molar-refractivity contribution in [3.63, 3.8) is 0 Å². The molecule has 3 aromatic rings. The van der Waals surface area contributed by atoms with E-state index in [1.54, 1.807) is 6.07 Å². The van der Waals surface area contributed by atoms with E-state index in [4.69, 9.17) is 16.7 Å². The van der Waals surface area contributed by atoms with Crippen LogP contribution in [-0.2, 0) is 0 Å². The van der Waals surface area contributed by atoms with E-state index in [1.165, 1.54) is 34.4 Å². The number of carboxylic acids is 1. The minimum absolute atomic E-state index is 0.336. The number of thioether (sulfide) groups is 1. The third kappa shape index (κ3) is 3.05. The lowest BCUT2D eigenvalue weighted by Gasteiger charge is -1.97. The lowest BCUT2D eigenvalue weighted by molar-refractivity contribution is 0.0702. The van der Waals surface area contributed by atoms with Gasteiger partial charge in [-0.05, 0) is 24.5 Å². The maximum absolute atomic E-state index is 11.1. The Balaban J connectivity index is 2.00. The molecule has 0 saturated carbocycles. The minimum atomic E-state index is -0.902. The molecule has 22 heavy (non-hydrogen) atoms. The van der Waals surface area contributed by atoms with E-state index < -0.39 is 5.97 Å². The molecule has 0 saturated heterocycles. The number of rotatable bonds is 4. The molecule has 7 heteroatoms. The molecule has 112 valence electrons. The topological polar surface area (TPSA) is 50.2 Å². The summed E-state index contributed by atoms with van der Waals surface area (Å²) in [6, 6.07) is 9.20. The van der Waals surface area contributed by atoms with Crippen LogP contribution in [0, 0.1) is 0 Å². The first-order valence-electron chi connectivity index (χ1n) is 6.21. The van der Waals surface area contributed by atoms with Crippen molar-refractivity contribution in [1.82, 2.24) is 4.98 Å². The highest BCUT2D eigenvalue weighted by molar-refractivity contribution is 8.00. The van der Waals surface area contributed by atoms with Crippen molar-refractivity contribution in [1.29, 1.82) is 0 Å². The second-order valence-electron chi connectivity index (χ2n) is 4.37. The third-order valence-electron chi connectivity index (χ3n) is 2.97. The van der Waals surface area contributed by atoms with Gasteiger partial charge in [0.15, 0.2) is 0 Å². The maximum atomic E-state index is 11.1. The Labute approximate surface area is 144 Å². The van der Waals surface area contributed by atoms with Crippen LogP contribution in [-0.4, -0.2) is 22.3 Å². The summed E-state index contributed by atoms with van der Waals surface area (Å²) in [4.78, 5) is 16.1. The summed E-state index contributed by atoms with van der Waals surface area (Å²) in [5.74, 6) is -0.902. The van der Waals surface area contributed by atoms with Crippen molar-refractivity contribution in [3.05, 3.63) is 45.6 Å². The van der Waals surface area contributed by atoms with Gasteiger partial charge in [0, 0.05) is 21.5 Å². The number of halogens is 1. The molecular formula is C15H10ClNO2S3. The number of carbonyl (C=O) groups is 1. The Kier molecular flexibility index (Phi) is 4.54. The fourth-order valence-electron chi connectivity index (χ4n) is 1.93. The highest BCUT2D eigenvalue weighted by atomic mass is 35.5. The summed E-state index contributed by atoms with van der Waals surface area (Å²) in [5.41, 5.74) is 2.75. The standard InChI is InChI=1S/C15H10ClNO2S3/c1-20-15-10(6-12(22-15)14(18)19)13-17-11(7-21-13)8-2-4-9(16)5-3-8/h2-7H,1H3,(H,18,19). The number of aromatic nitrogens is 1. The zero-order valence-electron chi connectivity index (χ0n) is 11.4. The van der Waals surface area contributed by atoms with Gasteiger partial charge >= 0.3 is 5.97 Å². The molecule has 2 aromatic heterocycles. The van der Waals surface area contributed by atoms with Gasteiger partial charge in [-0.1, -0.05) is 23.7 Å². The van der Waals surface area contributed by atoms with Crippen molar-refractivity contribution in [2.24, 2.45) is 0 Å². The lowest BCUT2D eigenvalue weighted by Crippen LogP contribution is -1.89.